The standard InChI is InChI=1S/C27H23Cl2FN4O3S/c1-18-14-20(19(2)34(18)26-13-8-21(28)15-25(26)29)16-31-32-27(35)17-33(23-11-9-22(30)10-12-23)38(36,37)24-6-4-3-5-7-24/h3-16H,17H2,1-2H3,(H,32,35)/b31-16+. The van der Waals surface area contributed by atoms with Crippen LogP contribution in [0.4, 0.5) is 10.1 Å². The molecule has 0 fully saturated rings. The molecule has 3 aromatic carbocycles. The molecule has 0 aliphatic rings. The first-order valence-electron chi connectivity index (χ1n) is 11.4. The molecule has 0 radical (unpaired) electrons. The zero-order chi connectivity index (χ0) is 27.4. The summed E-state index contributed by atoms with van der Waals surface area (Å²) in [5.41, 5.74) is 5.69. The number of aromatic nitrogens is 1. The second-order valence-corrected chi connectivity index (χ2v) is 11.1. The monoisotopic (exact) mass is 572 g/mol. The van der Waals surface area contributed by atoms with Gasteiger partial charge in [-0.15, -0.1) is 0 Å². The van der Waals surface area contributed by atoms with Crippen LogP contribution in [0.2, 0.25) is 10.0 Å². The highest BCUT2D eigenvalue weighted by molar-refractivity contribution is 7.92. The van der Waals surface area contributed by atoms with Crippen LogP contribution in [0.3, 0.4) is 0 Å². The van der Waals surface area contributed by atoms with Crippen molar-refractivity contribution in [3.63, 3.8) is 0 Å². The predicted molar refractivity (Wildman–Crippen MR) is 148 cm³/mol. The van der Waals surface area contributed by atoms with Gasteiger partial charge in [-0.1, -0.05) is 41.4 Å². The molecular weight excluding hydrogens is 550 g/mol. The lowest BCUT2D eigenvalue weighted by Crippen LogP contribution is -2.39. The van der Waals surface area contributed by atoms with E-state index in [-0.39, 0.29) is 10.6 Å². The minimum Gasteiger partial charge on any atom is -0.316 e. The molecule has 0 aliphatic heterocycles. The summed E-state index contributed by atoms with van der Waals surface area (Å²) < 4.78 is 42.9. The van der Waals surface area contributed by atoms with Gasteiger partial charge in [-0.05, 0) is 74.5 Å². The summed E-state index contributed by atoms with van der Waals surface area (Å²) in [5.74, 6) is -1.21. The number of hydrogen-bond donors (Lipinski definition) is 1. The Morgan fingerprint density at radius 3 is 2.37 bits per heavy atom. The minimum absolute atomic E-state index is 0.00562. The maximum Gasteiger partial charge on any atom is 0.264 e. The van der Waals surface area contributed by atoms with Crippen molar-refractivity contribution in [1.82, 2.24) is 9.99 Å². The quantitative estimate of drug-likeness (QED) is 0.211. The average molecular weight is 573 g/mol. The molecule has 11 heteroatoms. The number of anilines is 1. The Balaban J connectivity index is 1.55. The largest absolute Gasteiger partial charge is 0.316 e. The van der Waals surface area contributed by atoms with Crippen LogP contribution in [0.25, 0.3) is 5.69 Å². The van der Waals surface area contributed by atoms with Gasteiger partial charge < -0.3 is 4.57 Å². The summed E-state index contributed by atoms with van der Waals surface area (Å²) in [6.45, 7) is 3.21. The molecular formula is C27H23Cl2FN4O3S. The lowest BCUT2D eigenvalue weighted by molar-refractivity contribution is -0.119. The van der Waals surface area contributed by atoms with Crippen molar-refractivity contribution in [1.29, 1.82) is 0 Å². The van der Waals surface area contributed by atoms with Crippen LogP contribution < -0.4 is 9.73 Å². The third kappa shape index (κ3) is 5.91. The molecule has 0 saturated carbocycles. The van der Waals surface area contributed by atoms with Gasteiger partial charge in [-0.3, -0.25) is 9.10 Å². The van der Waals surface area contributed by atoms with E-state index in [0.717, 1.165) is 39.1 Å². The third-order valence-electron chi connectivity index (χ3n) is 5.75. The lowest BCUT2D eigenvalue weighted by Gasteiger charge is -2.23. The number of sulfonamides is 1. The first-order chi connectivity index (χ1) is 18.1. The summed E-state index contributed by atoms with van der Waals surface area (Å²) in [4.78, 5) is 12.8. The van der Waals surface area contributed by atoms with Crippen LogP contribution >= 0.6 is 23.2 Å². The Morgan fingerprint density at radius 2 is 1.71 bits per heavy atom. The van der Waals surface area contributed by atoms with Gasteiger partial charge in [-0.2, -0.15) is 5.10 Å². The molecule has 1 aromatic heterocycles. The molecule has 0 atom stereocenters. The molecule has 38 heavy (non-hydrogen) atoms. The molecule has 7 nitrogen and oxygen atoms in total. The maximum atomic E-state index is 13.5. The van der Waals surface area contributed by atoms with E-state index >= 15 is 0 Å². The normalized spacial score (nSPS) is 11.6. The van der Waals surface area contributed by atoms with Gasteiger partial charge in [-0.25, -0.2) is 18.2 Å². The number of carbonyl (C=O) groups excluding carboxylic acids is 1. The number of nitrogens with zero attached hydrogens (tertiary/aromatic N) is 3. The van der Waals surface area contributed by atoms with Crippen molar-refractivity contribution < 1.29 is 17.6 Å². The fourth-order valence-corrected chi connectivity index (χ4v) is 5.87. The number of hydrogen-bond acceptors (Lipinski definition) is 4. The van der Waals surface area contributed by atoms with Crippen LogP contribution in [-0.2, 0) is 14.8 Å². The Labute approximate surface area is 230 Å². The van der Waals surface area contributed by atoms with Crippen molar-refractivity contribution in [2.75, 3.05) is 10.8 Å². The molecule has 0 bridgehead atoms. The fraction of sp³-hybridized carbons (Fsp3) is 0.111. The van der Waals surface area contributed by atoms with Gasteiger partial charge in [0.1, 0.15) is 12.4 Å². The number of rotatable bonds is 8. The lowest BCUT2D eigenvalue weighted by atomic mass is 10.2. The number of benzene rings is 3. The molecule has 196 valence electrons. The molecule has 0 aliphatic carbocycles. The molecule has 4 rings (SSSR count). The van der Waals surface area contributed by atoms with E-state index < -0.39 is 28.3 Å². The summed E-state index contributed by atoms with van der Waals surface area (Å²) in [6.07, 6.45) is 1.47. The summed E-state index contributed by atoms with van der Waals surface area (Å²) in [7, 11) is -4.11. The number of halogens is 3. The van der Waals surface area contributed by atoms with E-state index in [1.165, 1.54) is 30.5 Å². The molecule has 0 saturated heterocycles. The second kappa shape index (κ2) is 11.4. The third-order valence-corrected chi connectivity index (χ3v) is 8.07. The van der Waals surface area contributed by atoms with Crippen LogP contribution in [0.5, 0.6) is 0 Å². The number of amides is 1. The van der Waals surface area contributed by atoms with Gasteiger partial charge in [0.05, 0.1) is 27.5 Å². The second-order valence-electron chi connectivity index (χ2n) is 8.35. The summed E-state index contributed by atoms with van der Waals surface area (Å²) in [5, 5.41) is 5.04. The Hall–Kier alpha value is -3.66. The van der Waals surface area contributed by atoms with Gasteiger partial charge in [0.15, 0.2) is 0 Å². The molecule has 0 spiro atoms. The van der Waals surface area contributed by atoms with Crippen molar-refractivity contribution in [3.8, 4) is 5.69 Å². The van der Waals surface area contributed by atoms with Crippen molar-refractivity contribution in [3.05, 3.63) is 112 Å². The topological polar surface area (TPSA) is 83.8 Å². The molecule has 0 unspecified atom stereocenters. The van der Waals surface area contributed by atoms with Crippen LogP contribution in [0.15, 0.2) is 88.9 Å². The van der Waals surface area contributed by atoms with E-state index in [1.807, 2.05) is 30.5 Å². The highest BCUT2D eigenvalue weighted by atomic mass is 35.5. The van der Waals surface area contributed by atoms with E-state index in [2.05, 4.69) is 10.5 Å². The zero-order valence-electron chi connectivity index (χ0n) is 20.4. The number of carbonyl (C=O) groups is 1. The van der Waals surface area contributed by atoms with E-state index in [4.69, 9.17) is 23.2 Å². The number of hydrazone groups is 1. The van der Waals surface area contributed by atoms with Crippen LogP contribution in [-0.4, -0.2) is 31.7 Å². The van der Waals surface area contributed by atoms with Gasteiger partial charge >= 0.3 is 0 Å². The van der Waals surface area contributed by atoms with Crippen molar-refractivity contribution in [2.45, 2.75) is 18.7 Å². The summed E-state index contributed by atoms with van der Waals surface area (Å²) in [6, 6.07) is 19.6. The number of nitrogens with one attached hydrogen (secondary N) is 1. The van der Waals surface area contributed by atoms with E-state index in [0.29, 0.717) is 10.0 Å². The van der Waals surface area contributed by atoms with Gasteiger partial charge in [0.25, 0.3) is 15.9 Å². The molecule has 1 heterocycles. The van der Waals surface area contributed by atoms with E-state index in [9.17, 15) is 17.6 Å². The highest BCUT2D eigenvalue weighted by Crippen LogP contribution is 2.28. The first kappa shape index (κ1) is 27.4. The Kier molecular flexibility index (Phi) is 8.20. The highest BCUT2D eigenvalue weighted by Gasteiger charge is 2.27. The van der Waals surface area contributed by atoms with E-state index in [1.54, 1.807) is 30.3 Å². The molecule has 1 N–H and O–H groups in total. The Morgan fingerprint density at radius 1 is 1.03 bits per heavy atom. The Bertz CT molecular complexity index is 1610. The minimum atomic E-state index is -4.11. The molecule has 1 amide bonds. The zero-order valence-corrected chi connectivity index (χ0v) is 22.7. The SMILES string of the molecule is Cc1cc(/C=N/NC(=O)CN(c2ccc(F)cc2)S(=O)(=O)c2ccccc2)c(C)n1-c1ccc(Cl)cc1Cl. The van der Waals surface area contributed by atoms with Crippen molar-refractivity contribution >= 4 is 51.0 Å². The van der Waals surface area contributed by atoms with Gasteiger partial charge in [0, 0.05) is 22.0 Å². The first-order valence-corrected chi connectivity index (χ1v) is 13.6. The van der Waals surface area contributed by atoms with Crippen LogP contribution in [0, 0.1) is 19.7 Å². The van der Waals surface area contributed by atoms with Crippen LogP contribution in [0.1, 0.15) is 17.0 Å². The maximum absolute atomic E-state index is 13.5. The van der Waals surface area contributed by atoms with Gasteiger partial charge in [0.2, 0.25) is 0 Å². The molecule has 4 aromatic rings. The summed E-state index contributed by atoms with van der Waals surface area (Å²) >= 11 is 12.4. The fourth-order valence-electron chi connectivity index (χ4n) is 3.93. The predicted octanol–water partition coefficient (Wildman–Crippen LogP) is 5.89. The number of aryl methyl sites for hydroxylation is 1. The van der Waals surface area contributed by atoms with Crippen molar-refractivity contribution in [2.24, 2.45) is 5.10 Å². The average Bonchev–Trinajstić information content (AvgIpc) is 3.16. The smallest absolute Gasteiger partial charge is 0.264 e.